The molecule has 10 heteroatoms. The number of aromatic nitrogens is 4. The van der Waals surface area contributed by atoms with Gasteiger partial charge in [0.25, 0.3) is 5.56 Å². The third-order valence-electron chi connectivity index (χ3n) is 5.13. The highest BCUT2D eigenvalue weighted by molar-refractivity contribution is 6.42. The van der Waals surface area contributed by atoms with Crippen LogP contribution in [0.4, 0.5) is 5.95 Å². The summed E-state index contributed by atoms with van der Waals surface area (Å²) < 4.78 is 4.16. The lowest BCUT2D eigenvalue weighted by Gasteiger charge is -2.32. The molecular weight excluding hydrogens is 405 g/mol. The molecule has 8 nitrogen and oxygen atoms in total. The Hall–Kier alpha value is -2.29. The molecule has 1 fully saturated rings. The maximum Gasteiger partial charge on any atom is 0.332 e. The maximum atomic E-state index is 13.1. The van der Waals surface area contributed by atoms with E-state index >= 15 is 0 Å². The molecule has 2 heterocycles. The monoisotopic (exact) mass is 423 g/mol. The van der Waals surface area contributed by atoms with Crippen LogP contribution in [0.1, 0.15) is 18.4 Å². The average Bonchev–Trinajstić information content (AvgIpc) is 2.95. The minimum absolute atomic E-state index is 0.0705. The molecule has 1 saturated carbocycles. The van der Waals surface area contributed by atoms with Gasteiger partial charge in [0, 0.05) is 20.1 Å². The lowest BCUT2D eigenvalue weighted by molar-refractivity contribution is 0.0833. The number of aryl methyl sites for hydroxylation is 2. The number of halogens is 2. The Morgan fingerprint density at radius 3 is 2.54 bits per heavy atom. The minimum atomic E-state index is -0.465. The smallest absolute Gasteiger partial charge is 0.332 e. The highest BCUT2D eigenvalue weighted by atomic mass is 35.5. The molecule has 0 aliphatic heterocycles. The van der Waals surface area contributed by atoms with Gasteiger partial charge < -0.3 is 15.0 Å². The van der Waals surface area contributed by atoms with E-state index in [2.05, 4.69) is 10.3 Å². The van der Waals surface area contributed by atoms with Crippen LogP contribution < -0.4 is 16.6 Å². The van der Waals surface area contributed by atoms with Crippen molar-refractivity contribution in [3.05, 3.63) is 54.6 Å². The summed E-state index contributed by atoms with van der Waals surface area (Å²) in [4.78, 5) is 30.3. The van der Waals surface area contributed by atoms with Gasteiger partial charge in [-0.1, -0.05) is 29.3 Å². The quantitative estimate of drug-likeness (QED) is 0.666. The van der Waals surface area contributed by atoms with E-state index in [1.807, 2.05) is 0 Å². The number of benzene rings is 1. The molecule has 0 amide bonds. The van der Waals surface area contributed by atoms with Crippen molar-refractivity contribution in [2.24, 2.45) is 14.1 Å². The van der Waals surface area contributed by atoms with Gasteiger partial charge >= 0.3 is 5.69 Å². The first kappa shape index (κ1) is 19.0. The molecule has 3 aromatic rings. The summed E-state index contributed by atoms with van der Waals surface area (Å²) in [5.41, 5.74) is 0.430. The average molecular weight is 424 g/mol. The third-order valence-corrected chi connectivity index (χ3v) is 5.87. The van der Waals surface area contributed by atoms with Crippen LogP contribution >= 0.6 is 23.2 Å². The van der Waals surface area contributed by atoms with Gasteiger partial charge in [-0.3, -0.25) is 13.9 Å². The fourth-order valence-corrected chi connectivity index (χ4v) is 3.74. The molecule has 0 radical (unpaired) electrons. The van der Waals surface area contributed by atoms with Crippen molar-refractivity contribution in [1.29, 1.82) is 0 Å². The largest absolute Gasteiger partial charge is 0.393 e. The Balaban J connectivity index is 1.79. The van der Waals surface area contributed by atoms with Crippen LogP contribution in [-0.4, -0.2) is 35.9 Å². The van der Waals surface area contributed by atoms with E-state index in [0.717, 1.165) is 4.57 Å². The molecule has 28 heavy (non-hydrogen) atoms. The van der Waals surface area contributed by atoms with Gasteiger partial charge in [-0.25, -0.2) is 4.79 Å². The van der Waals surface area contributed by atoms with E-state index < -0.39 is 11.2 Å². The minimum Gasteiger partial charge on any atom is -0.393 e. The third kappa shape index (κ3) is 3.11. The van der Waals surface area contributed by atoms with E-state index in [1.165, 1.54) is 4.57 Å². The highest BCUT2D eigenvalue weighted by Crippen LogP contribution is 2.25. The van der Waals surface area contributed by atoms with Gasteiger partial charge in [0.2, 0.25) is 5.95 Å². The Labute approximate surface area is 169 Å². The number of rotatable bonds is 4. The molecule has 2 aromatic heterocycles. The van der Waals surface area contributed by atoms with Gasteiger partial charge in [-0.15, -0.1) is 0 Å². The maximum absolute atomic E-state index is 13.1. The Kier molecular flexibility index (Phi) is 4.73. The molecule has 1 aliphatic rings. The lowest BCUT2D eigenvalue weighted by Crippen LogP contribution is -2.40. The van der Waals surface area contributed by atoms with Crippen molar-refractivity contribution in [2.45, 2.75) is 31.5 Å². The summed E-state index contributed by atoms with van der Waals surface area (Å²) in [6, 6.07) is 5.09. The molecule has 0 saturated heterocycles. The Morgan fingerprint density at radius 1 is 1.18 bits per heavy atom. The van der Waals surface area contributed by atoms with Crippen molar-refractivity contribution in [1.82, 2.24) is 18.7 Å². The van der Waals surface area contributed by atoms with E-state index in [9.17, 15) is 14.7 Å². The lowest BCUT2D eigenvalue weighted by atomic mass is 9.90. The van der Waals surface area contributed by atoms with Crippen molar-refractivity contribution >= 4 is 40.3 Å². The first-order valence-corrected chi connectivity index (χ1v) is 9.56. The molecule has 148 valence electrons. The van der Waals surface area contributed by atoms with Gasteiger partial charge in [0.15, 0.2) is 11.2 Å². The van der Waals surface area contributed by atoms with E-state index in [1.54, 1.807) is 36.9 Å². The topological polar surface area (TPSA) is 94.1 Å². The molecule has 2 N–H and O–H groups in total. The second-order valence-electron chi connectivity index (χ2n) is 7.11. The predicted octanol–water partition coefficient (Wildman–Crippen LogP) is 1.72. The van der Waals surface area contributed by atoms with Gasteiger partial charge in [0.1, 0.15) is 0 Å². The Morgan fingerprint density at radius 2 is 1.89 bits per heavy atom. The summed E-state index contributed by atoms with van der Waals surface area (Å²) in [5, 5.41) is 13.4. The molecule has 0 atom stereocenters. The highest BCUT2D eigenvalue weighted by Gasteiger charge is 2.29. The van der Waals surface area contributed by atoms with Crippen LogP contribution in [0.15, 0.2) is 27.8 Å². The van der Waals surface area contributed by atoms with E-state index in [4.69, 9.17) is 23.2 Å². The van der Waals surface area contributed by atoms with Crippen LogP contribution in [0.2, 0.25) is 10.0 Å². The predicted molar refractivity (Wildman–Crippen MR) is 108 cm³/mol. The van der Waals surface area contributed by atoms with Crippen LogP contribution in [0.5, 0.6) is 0 Å². The first-order valence-electron chi connectivity index (χ1n) is 8.81. The van der Waals surface area contributed by atoms with Crippen molar-refractivity contribution in [2.75, 3.05) is 5.32 Å². The SMILES string of the molecule is Cn1c(NC2CC(O)C2)nc2c1c(=O)n(Cc1ccc(Cl)c(Cl)c1)c(=O)n2C. The van der Waals surface area contributed by atoms with Crippen LogP contribution in [-0.2, 0) is 20.6 Å². The molecule has 1 aromatic carbocycles. The number of anilines is 1. The fraction of sp³-hybridized carbons (Fsp3) is 0.389. The number of imidazole rings is 1. The zero-order valence-corrected chi connectivity index (χ0v) is 16.8. The molecule has 0 unspecified atom stereocenters. The van der Waals surface area contributed by atoms with Crippen molar-refractivity contribution in [3.63, 3.8) is 0 Å². The number of hydrogen-bond donors (Lipinski definition) is 2. The van der Waals surface area contributed by atoms with E-state index in [-0.39, 0.29) is 18.7 Å². The zero-order chi connectivity index (χ0) is 20.2. The summed E-state index contributed by atoms with van der Waals surface area (Å²) >= 11 is 12.0. The number of hydrogen-bond acceptors (Lipinski definition) is 5. The summed E-state index contributed by atoms with van der Waals surface area (Å²) in [6.07, 6.45) is 0.952. The Bertz CT molecular complexity index is 1190. The van der Waals surface area contributed by atoms with Crippen LogP contribution in [0.3, 0.4) is 0 Å². The fourth-order valence-electron chi connectivity index (χ4n) is 3.42. The van der Waals surface area contributed by atoms with Gasteiger partial charge in [-0.05, 0) is 30.5 Å². The number of nitrogens with one attached hydrogen (secondary N) is 1. The number of aliphatic hydroxyl groups is 1. The number of nitrogens with zero attached hydrogens (tertiary/aromatic N) is 4. The molecule has 0 bridgehead atoms. The summed E-state index contributed by atoms with van der Waals surface area (Å²) in [7, 11) is 3.31. The summed E-state index contributed by atoms with van der Waals surface area (Å²) in [5.74, 6) is 0.492. The molecular formula is C18H19Cl2N5O3. The van der Waals surface area contributed by atoms with Crippen molar-refractivity contribution < 1.29 is 5.11 Å². The molecule has 1 aliphatic carbocycles. The zero-order valence-electron chi connectivity index (χ0n) is 15.3. The second kappa shape index (κ2) is 6.95. The normalized spacial score (nSPS) is 19.0. The van der Waals surface area contributed by atoms with Crippen LogP contribution in [0.25, 0.3) is 11.2 Å². The first-order chi connectivity index (χ1) is 13.3. The van der Waals surface area contributed by atoms with Crippen molar-refractivity contribution in [3.8, 4) is 0 Å². The number of fused-ring (bicyclic) bond motifs is 1. The van der Waals surface area contributed by atoms with Crippen LogP contribution in [0, 0.1) is 0 Å². The second-order valence-corrected chi connectivity index (χ2v) is 7.93. The molecule has 4 rings (SSSR count). The molecule has 0 spiro atoms. The van der Waals surface area contributed by atoms with Gasteiger partial charge in [0.05, 0.1) is 22.7 Å². The van der Waals surface area contributed by atoms with Gasteiger partial charge in [-0.2, -0.15) is 4.98 Å². The van der Waals surface area contributed by atoms with E-state index in [0.29, 0.717) is 45.6 Å². The summed E-state index contributed by atoms with van der Waals surface area (Å²) in [6.45, 7) is 0.0705. The number of aliphatic hydroxyl groups excluding tert-OH is 1. The standard InChI is InChI=1S/C18H19Cl2N5O3/c1-23-14-15(22-17(23)21-10-6-11(26)7-10)24(2)18(28)25(16(14)27)8-9-3-4-12(19)13(20)5-9/h3-5,10-11,26H,6-8H2,1-2H3,(H,21,22).